The third kappa shape index (κ3) is 2.22. The first kappa shape index (κ1) is 12.2. The standard InChI is InChI=1S/C10H11BrF2O2/c1-5(11)8-9(12)6(14-2)4-7(15-3)10(8)13/h4-5H,1-3H3. The van der Waals surface area contributed by atoms with Gasteiger partial charge in [0.2, 0.25) is 0 Å². The lowest BCUT2D eigenvalue weighted by atomic mass is 10.1. The SMILES string of the molecule is COc1cc(OC)c(F)c(C(C)Br)c1F. The van der Waals surface area contributed by atoms with Crippen LogP contribution in [0.3, 0.4) is 0 Å². The van der Waals surface area contributed by atoms with Crippen molar-refractivity contribution in [2.75, 3.05) is 14.2 Å². The molecule has 0 aromatic heterocycles. The van der Waals surface area contributed by atoms with E-state index in [-0.39, 0.29) is 17.1 Å². The van der Waals surface area contributed by atoms with E-state index in [9.17, 15) is 8.78 Å². The molecule has 2 nitrogen and oxygen atoms in total. The van der Waals surface area contributed by atoms with Crippen molar-refractivity contribution < 1.29 is 18.3 Å². The van der Waals surface area contributed by atoms with E-state index in [1.807, 2.05) is 0 Å². The van der Waals surface area contributed by atoms with E-state index in [1.165, 1.54) is 20.3 Å². The van der Waals surface area contributed by atoms with Gasteiger partial charge in [0, 0.05) is 16.5 Å². The fraction of sp³-hybridized carbons (Fsp3) is 0.400. The molecule has 1 rings (SSSR count). The summed E-state index contributed by atoms with van der Waals surface area (Å²) in [4.78, 5) is -0.457. The molecule has 0 radical (unpaired) electrons. The summed E-state index contributed by atoms with van der Waals surface area (Å²) in [6, 6.07) is 1.18. The highest BCUT2D eigenvalue weighted by molar-refractivity contribution is 9.09. The Bertz CT molecular complexity index is 339. The summed E-state index contributed by atoms with van der Waals surface area (Å²) in [6.45, 7) is 1.63. The van der Waals surface area contributed by atoms with Gasteiger partial charge in [-0.1, -0.05) is 15.9 Å². The lowest BCUT2D eigenvalue weighted by Gasteiger charge is -2.13. The van der Waals surface area contributed by atoms with Gasteiger partial charge < -0.3 is 9.47 Å². The number of hydrogen-bond donors (Lipinski definition) is 0. The van der Waals surface area contributed by atoms with E-state index >= 15 is 0 Å². The second-order valence-electron chi connectivity index (χ2n) is 2.94. The maximum Gasteiger partial charge on any atom is 0.172 e. The van der Waals surface area contributed by atoms with Gasteiger partial charge in [0.1, 0.15) is 0 Å². The fourth-order valence-electron chi connectivity index (χ4n) is 1.25. The van der Waals surface area contributed by atoms with Crippen molar-refractivity contribution in [3.05, 3.63) is 23.3 Å². The molecule has 0 spiro atoms. The first-order valence-corrected chi connectivity index (χ1v) is 5.18. The maximum atomic E-state index is 13.7. The summed E-state index contributed by atoms with van der Waals surface area (Å²) >= 11 is 3.12. The van der Waals surface area contributed by atoms with E-state index in [0.29, 0.717) is 0 Å². The van der Waals surface area contributed by atoms with Crippen LogP contribution in [-0.2, 0) is 0 Å². The molecule has 0 saturated heterocycles. The third-order valence-corrected chi connectivity index (χ3v) is 2.46. The quantitative estimate of drug-likeness (QED) is 0.790. The zero-order valence-electron chi connectivity index (χ0n) is 8.61. The lowest BCUT2D eigenvalue weighted by Crippen LogP contribution is -2.02. The molecule has 5 heteroatoms. The van der Waals surface area contributed by atoms with Crippen molar-refractivity contribution in [1.82, 2.24) is 0 Å². The van der Waals surface area contributed by atoms with E-state index in [2.05, 4.69) is 15.9 Å². The first-order chi connectivity index (χ1) is 7.02. The average Bonchev–Trinajstić information content (AvgIpc) is 2.18. The smallest absolute Gasteiger partial charge is 0.172 e. The molecule has 0 aliphatic heterocycles. The van der Waals surface area contributed by atoms with Crippen LogP contribution in [0.15, 0.2) is 6.07 Å². The molecular weight excluding hydrogens is 270 g/mol. The highest BCUT2D eigenvalue weighted by Gasteiger charge is 2.22. The summed E-state index contributed by atoms with van der Waals surface area (Å²) in [6.07, 6.45) is 0. The van der Waals surface area contributed by atoms with E-state index in [4.69, 9.17) is 9.47 Å². The molecular formula is C10H11BrF2O2. The van der Waals surface area contributed by atoms with Gasteiger partial charge in [-0.2, -0.15) is 0 Å². The summed E-state index contributed by atoms with van der Waals surface area (Å²) in [7, 11) is 2.64. The van der Waals surface area contributed by atoms with E-state index in [1.54, 1.807) is 6.92 Å². The molecule has 0 aliphatic rings. The topological polar surface area (TPSA) is 18.5 Å². The summed E-state index contributed by atoms with van der Waals surface area (Å²) < 4.78 is 36.9. The Morgan fingerprint density at radius 1 is 1.13 bits per heavy atom. The van der Waals surface area contributed by atoms with E-state index < -0.39 is 16.5 Å². The van der Waals surface area contributed by atoms with Gasteiger partial charge >= 0.3 is 0 Å². The maximum absolute atomic E-state index is 13.7. The Morgan fingerprint density at radius 3 is 1.80 bits per heavy atom. The van der Waals surface area contributed by atoms with Crippen LogP contribution in [0.25, 0.3) is 0 Å². The largest absolute Gasteiger partial charge is 0.494 e. The molecule has 0 aliphatic carbocycles. The van der Waals surface area contributed by atoms with Crippen LogP contribution in [0.2, 0.25) is 0 Å². The van der Waals surface area contributed by atoms with Crippen LogP contribution in [-0.4, -0.2) is 14.2 Å². The lowest BCUT2D eigenvalue weighted by molar-refractivity contribution is 0.353. The summed E-state index contributed by atoms with van der Waals surface area (Å²) in [5.41, 5.74) is -0.0915. The van der Waals surface area contributed by atoms with Crippen LogP contribution in [0.1, 0.15) is 17.3 Å². The number of halogens is 3. The second-order valence-corrected chi connectivity index (χ2v) is 4.31. The highest BCUT2D eigenvalue weighted by Crippen LogP contribution is 2.37. The van der Waals surface area contributed by atoms with Crippen LogP contribution < -0.4 is 9.47 Å². The molecule has 15 heavy (non-hydrogen) atoms. The highest BCUT2D eigenvalue weighted by atomic mass is 79.9. The predicted molar refractivity (Wildman–Crippen MR) is 56.8 cm³/mol. The van der Waals surface area contributed by atoms with Gasteiger partial charge in [0.05, 0.1) is 14.2 Å². The molecule has 0 heterocycles. The molecule has 0 fully saturated rings. The minimum atomic E-state index is -0.708. The molecule has 1 aromatic rings. The van der Waals surface area contributed by atoms with Crippen molar-refractivity contribution in [3.63, 3.8) is 0 Å². The summed E-state index contributed by atoms with van der Waals surface area (Å²) in [5.74, 6) is -1.48. The number of ether oxygens (including phenoxy) is 2. The third-order valence-electron chi connectivity index (χ3n) is 2.01. The monoisotopic (exact) mass is 280 g/mol. The first-order valence-electron chi connectivity index (χ1n) is 4.26. The second kappa shape index (κ2) is 4.79. The number of benzene rings is 1. The Labute approximate surface area is 95.3 Å². The Hall–Kier alpha value is -0.840. The fourth-order valence-corrected chi connectivity index (χ4v) is 1.66. The van der Waals surface area contributed by atoms with Crippen LogP contribution in [0, 0.1) is 11.6 Å². The van der Waals surface area contributed by atoms with Gasteiger partial charge in [0.25, 0.3) is 0 Å². The average molecular weight is 281 g/mol. The Kier molecular flexibility index (Phi) is 3.90. The van der Waals surface area contributed by atoms with Crippen molar-refractivity contribution in [2.45, 2.75) is 11.8 Å². The molecule has 1 aromatic carbocycles. The Balaban J connectivity index is 3.46. The van der Waals surface area contributed by atoms with Crippen molar-refractivity contribution in [1.29, 1.82) is 0 Å². The van der Waals surface area contributed by atoms with Crippen LogP contribution in [0.5, 0.6) is 11.5 Å². The van der Waals surface area contributed by atoms with Crippen molar-refractivity contribution in [3.8, 4) is 11.5 Å². The minimum absolute atomic E-state index is 0.0328. The van der Waals surface area contributed by atoms with Crippen molar-refractivity contribution >= 4 is 15.9 Å². The molecule has 1 atom stereocenters. The number of alkyl halides is 1. The zero-order chi connectivity index (χ0) is 11.6. The van der Waals surface area contributed by atoms with Crippen molar-refractivity contribution in [2.24, 2.45) is 0 Å². The van der Waals surface area contributed by atoms with E-state index in [0.717, 1.165) is 0 Å². The normalized spacial score (nSPS) is 12.4. The summed E-state index contributed by atoms with van der Waals surface area (Å²) in [5, 5.41) is 0. The molecule has 84 valence electrons. The van der Waals surface area contributed by atoms with Gasteiger partial charge in [-0.15, -0.1) is 0 Å². The van der Waals surface area contributed by atoms with Gasteiger partial charge in [-0.3, -0.25) is 0 Å². The molecule has 0 N–H and O–H groups in total. The van der Waals surface area contributed by atoms with Gasteiger partial charge in [-0.05, 0) is 6.92 Å². The number of methoxy groups -OCH3 is 2. The van der Waals surface area contributed by atoms with Crippen LogP contribution in [0.4, 0.5) is 8.78 Å². The Morgan fingerprint density at radius 2 is 1.53 bits per heavy atom. The zero-order valence-corrected chi connectivity index (χ0v) is 10.2. The molecule has 0 bridgehead atoms. The minimum Gasteiger partial charge on any atom is -0.494 e. The number of rotatable bonds is 3. The van der Waals surface area contributed by atoms with Gasteiger partial charge in [-0.25, -0.2) is 8.78 Å². The van der Waals surface area contributed by atoms with Gasteiger partial charge in [0.15, 0.2) is 23.1 Å². The number of hydrogen-bond acceptors (Lipinski definition) is 2. The van der Waals surface area contributed by atoms with Crippen LogP contribution >= 0.6 is 15.9 Å². The molecule has 0 saturated carbocycles. The molecule has 0 amide bonds. The molecule has 1 unspecified atom stereocenters. The predicted octanol–water partition coefficient (Wildman–Crippen LogP) is 3.44.